The number of carbonyl (C=O) groups is 1. The molecule has 0 fully saturated rings. The summed E-state index contributed by atoms with van der Waals surface area (Å²) in [5, 5.41) is 6.55. The molecule has 1 aromatic rings. The molecule has 0 saturated heterocycles. The zero-order chi connectivity index (χ0) is 15.0. The van der Waals surface area contributed by atoms with E-state index in [1.165, 1.54) is 0 Å². The van der Waals surface area contributed by atoms with Crippen molar-refractivity contribution in [2.24, 2.45) is 0 Å². The maximum absolute atomic E-state index is 11.6. The molecule has 1 amide bonds. The average Bonchev–Trinajstić information content (AvgIpc) is 2.42. The number of nitrogens with one attached hydrogen (secondary N) is 2. The first kappa shape index (κ1) is 16.8. The van der Waals surface area contributed by atoms with Gasteiger partial charge in [-0.1, -0.05) is 24.6 Å². The van der Waals surface area contributed by atoms with Crippen LogP contribution in [0.2, 0.25) is 5.02 Å². The zero-order valence-corrected chi connectivity index (χ0v) is 13.1. The molecule has 0 saturated carbocycles. The van der Waals surface area contributed by atoms with Crippen LogP contribution in [0.15, 0.2) is 18.2 Å². The molecule has 1 atom stereocenters. The summed E-state index contributed by atoms with van der Waals surface area (Å²) in [7, 11) is 0. The monoisotopic (exact) mass is 298 g/mol. The lowest BCUT2D eigenvalue weighted by molar-refractivity contribution is -0.127. The smallest absolute Gasteiger partial charge is 0.260 e. The molecule has 1 unspecified atom stereocenters. The molecule has 5 heteroatoms. The van der Waals surface area contributed by atoms with Crippen molar-refractivity contribution in [3.05, 3.63) is 28.8 Å². The Labute approximate surface area is 125 Å². The Hall–Kier alpha value is -1.26. The Morgan fingerprint density at radius 3 is 2.75 bits per heavy atom. The number of hydrogen-bond donors (Lipinski definition) is 2. The minimum atomic E-state index is -0.559. The highest BCUT2D eigenvalue weighted by molar-refractivity contribution is 6.32. The van der Waals surface area contributed by atoms with Gasteiger partial charge in [-0.25, -0.2) is 0 Å². The fraction of sp³-hybridized carbons (Fsp3) is 0.533. The molecule has 1 aromatic carbocycles. The number of hydrogen-bond acceptors (Lipinski definition) is 3. The molecule has 112 valence electrons. The minimum Gasteiger partial charge on any atom is -0.479 e. The third-order valence-electron chi connectivity index (χ3n) is 2.78. The Morgan fingerprint density at radius 2 is 2.15 bits per heavy atom. The number of rotatable bonds is 8. The van der Waals surface area contributed by atoms with E-state index in [2.05, 4.69) is 17.6 Å². The van der Waals surface area contributed by atoms with Gasteiger partial charge >= 0.3 is 0 Å². The predicted octanol–water partition coefficient (Wildman–Crippen LogP) is 2.74. The number of amides is 1. The first-order chi connectivity index (χ1) is 9.58. The highest BCUT2D eigenvalue weighted by atomic mass is 35.5. The van der Waals surface area contributed by atoms with Crippen molar-refractivity contribution in [1.82, 2.24) is 10.6 Å². The molecule has 0 spiro atoms. The first-order valence-electron chi connectivity index (χ1n) is 7.02. The summed E-state index contributed by atoms with van der Waals surface area (Å²) in [5.74, 6) is 0.391. The van der Waals surface area contributed by atoms with E-state index < -0.39 is 6.10 Å². The van der Waals surface area contributed by atoms with Crippen LogP contribution in [-0.2, 0) is 11.3 Å². The van der Waals surface area contributed by atoms with Gasteiger partial charge in [-0.15, -0.1) is 0 Å². The number of halogens is 1. The van der Waals surface area contributed by atoms with Gasteiger partial charge in [0.25, 0.3) is 5.91 Å². The molecule has 0 bridgehead atoms. The van der Waals surface area contributed by atoms with Crippen LogP contribution in [0.1, 0.15) is 32.8 Å². The van der Waals surface area contributed by atoms with E-state index in [9.17, 15) is 4.79 Å². The van der Waals surface area contributed by atoms with E-state index in [-0.39, 0.29) is 5.91 Å². The van der Waals surface area contributed by atoms with Crippen molar-refractivity contribution in [1.29, 1.82) is 0 Å². The lowest BCUT2D eigenvalue weighted by Crippen LogP contribution is -2.36. The summed E-state index contributed by atoms with van der Waals surface area (Å²) in [6, 6.07) is 5.62. The van der Waals surface area contributed by atoms with Crippen molar-refractivity contribution in [2.75, 3.05) is 13.1 Å². The molecular weight excluding hydrogens is 276 g/mol. The molecule has 4 nitrogen and oxygen atoms in total. The van der Waals surface area contributed by atoms with Gasteiger partial charge in [0.2, 0.25) is 0 Å². The topological polar surface area (TPSA) is 50.4 Å². The second-order valence-corrected chi connectivity index (χ2v) is 5.00. The van der Waals surface area contributed by atoms with Crippen LogP contribution in [0.5, 0.6) is 5.75 Å². The molecular formula is C15H23ClN2O2. The third kappa shape index (κ3) is 5.39. The van der Waals surface area contributed by atoms with Crippen LogP contribution in [0, 0.1) is 0 Å². The fourth-order valence-electron chi connectivity index (χ4n) is 1.72. The lowest BCUT2D eigenvalue weighted by atomic mass is 10.2. The van der Waals surface area contributed by atoms with Gasteiger partial charge in [0.05, 0.1) is 5.02 Å². The third-order valence-corrected chi connectivity index (χ3v) is 3.07. The second kappa shape index (κ2) is 8.82. The molecule has 0 aliphatic rings. The summed E-state index contributed by atoms with van der Waals surface area (Å²) < 4.78 is 5.58. The molecule has 2 N–H and O–H groups in total. The van der Waals surface area contributed by atoms with Gasteiger partial charge in [0.1, 0.15) is 5.75 Å². The zero-order valence-electron chi connectivity index (χ0n) is 12.3. The molecule has 0 heterocycles. The highest BCUT2D eigenvalue weighted by Gasteiger charge is 2.15. The van der Waals surface area contributed by atoms with Gasteiger partial charge < -0.3 is 15.4 Å². The minimum absolute atomic E-state index is 0.141. The molecule has 0 aromatic heterocycles. The normalized spacial score (nSPS) is 12.0. The van der Waals surface area contributed by atoms with Crippen LogP contribution in [0.25, 0.3) is 0 Å². The van der Waals surface area contributed by atoms with E-state index in [0.29, 0.717) is 17.3 Å². The van der Waals surface area contributed by atoms with Gasteiger partial charge in [0.15, 0.2) is 6.10 Å². The summed E-state index contributed by atoms with van der Waals surface area (Å²) in [4.78, 5) is 11.6. The largest absolute Gasteiger partial charge is 0.479 e. The second-order valence-electron chi connectivity index (χ2n) is 4.60. The molecule has 1 rings (SSSR count). The van der Waals surface area contributed by atoms with E-state index >= 15 is 0 Å². The number of likely N-dealkylation sites (N-methyl/N-ethyl adjacent to an activating group) is 1. The fourth-order valence-corrected chi connectivity index (χ4v) is 1.97. The van der Waals surface area contributed by atoms with E-state index in [0.717, 1.165) is 25.1 Å². The molecule has 0 aliphatic heterocycles. The maximum Gasteiger partial charge on any atom is 0.260 e. The summed E-state index contributed by atoms with van der Waals surface area (Å²) in [6.07, 6.45) is 0.537. The van der Waals surface area contributed by atoms with Gasteiger partial charge in [-0.05, 0) is 44.5 Å². The summed E-state index contributed by atoms with van der Waals surface area (Å²) >= 11 is 6.18. The van der Waals surface area contributed by atoms with Crippen molar-refractivity contribution in [3.63, 3.8) is 0 Å². The highest BCUT2D eigenvalue weighted by Crippen LogP contribution is 2.26. The van der Waals surface area contributed by atoms with E-state index in [4.69, 9.17) is 16.3 Å². The maximum atomic E-state index is 11.6. The molecule has 20 heavy (non-hydrogen) atoms. The Morgan fingerprint density at radius 1 is 1.40 bits per heavy atom. The van der Waals surface area contributed by atoms with Gasteiger partial charge in [-0.3, -0.25) is 4.79 Å². The molecule has 0 aliphatic carbocycles. The van der Waals surface area contributed by atoms with Crippen LogP contribution in [-0.4, -0.2) is 25.1 Å². The lowest BCUT2D eigenvalue weighted by Gasteiger charge is -2.15. The first-order valence-corrected chi connectivity index (χ1v) is 7.39. The molecule has 0 radical (unpaired) electrons. The Balaban J connectivity index is 2.61. The van der Waals surface area contributed by atoms with E-state index in [1.807, 2.05) is 19.1 Å². The van der Waals surface area contributed by atoms with Gasteiger partial charge in [0, 0.05) is 13.1 Å². The average molecular weight is 299 g/mol. The van der Waals surface area contributed by atoms with Crippen LogP contribution >= 0.6 is 11.6 Å². The van der Waals surface area contributed by atoms with Gasteiger partial charge in [-0.2, -0.15) is 0 Å². The number of benzene rings is 1. The SMILES string of the molecule is CCCNCc1ccc(OC(C)C(=O)NCC)c(Cl)c1. The Bertz CT molecular complexity index is 438. The van der Waals surface area contributed by atoms with Crippen molar-refractivity contribution in [3.8, 4) is 5.75 Å². The quantitative estimate of drug-likeness (QED) is 0.726. The van der Waals surface area contributed by atoms with Crippen molar-refractivity contribution >= 4 is 17.5 Å². The predicted molar refractivity (Wildman–Crippen MR) is 82.2 cm³/mol. The van der Waals surface area contributed by atoms with Crippen LogP contribution in [0.4, 0.5) is 0 Å². The summed E-state index contributed by atoms with van der Waals surface area (Å²) in [6.45, 7) is 8.04. The van der Waals surface area contributed by atoms with E-state index in [1.54, 1.807) is 13.0 Å². The van der Waals surface area contributed by atoms with Crippen molar-refractivity contribution in [2.45, 2.75) is 39.8 Å². The Kier molecular flexibility index (Phi) is 7.41. The number of carbonyl (C=O) groups excluding carboxylic acids is 1. The van der Waals surface area contributed by atoms with Crippen LogP contribution in [0.3, 0.4) is 0 Å². The van der Waals surface area contributed by atoms with Crippen LogP contribution < -0.4 is 15.4 Å². The van der Waals surface area contributed by atoms with Crippen molar-refractivity contribution < 1.29 is 9.53 Å². The summed E-state index contributed by atoms with van der Waals surface area (Å²) in [5.41, 5.74) is 1.10. The standard InChI is InChI=1S/C15H23ClN2O2/c1-4-8-17-10-12-6-7-14(13(16)9-12)20-11(3)15(19)18-5-2/h6-7,9,11,17H,4-5,8,10H2,1-3H3,(H,18,19). The number of ether oxygens (including phenoxy) is 1.